The highest BCUT2D eigenvalue weighted by atomic mass is 35.5. The van der Waals surface area contributed by atoms with Gasteiger partial charge in [0.05, 0.1) is 30.0 Å². The van der Waals surface area contributed by atoms with E-state index in [2.05, 4.69) is 57.6 Å². The van der Waals surface area contributed by atoms with Crippen molar-refractivity contribution in [3.8, 4) is 11.1 Å². The summed E-state index contributed by atoms with van der Waals surface area (Å²) in [5.41, 5.74) is 6.17. The van der Waals surface area contributed by atoms with Crippen molar-refractivity contribution in [2.75, 3.05) is 56.6 Å². The van der Waals surface area contributed by atoms with Crippen molar-refractivity contribution in [2.24, 2.45) is 40.0 Å². The first-order chi connectivity index (χ1) is 32.3. The van der Waals surface area contributed by atoms with Crippen LogP contribution >= 0.6 is 23.2 Å². The molecule has 3 aromatic rings. The third-order valence-electron chi connectivity index (χ3n) is 13.8. The standard InChI is InChI=1S/C53H65Cl2F2N7O3/c1-5-33(3)49(23-46(47(54)6-2)53(4)14-8-13-44(24-53)61-25-34-17-41(56)21-42(57)18-34)63-52(66)39-19-38(28-59-29-39)40-16-35(31-67-32-40)26-60-43-12-7-10-36(20-43)45-22-50(62-30-48(45)55)64-51(65)37-11-9-15-58-27-37/h6-8,10,12-13,17-18,20-23,30,35,37-40,58-60H,5,9,11,14-16,19,24-29,31-32H2,1-4H3,(H,63,66)(H,62,64,65). The fourth-order valence-corrected chi connectivity index (χ4v) is 10.3. The van der Waals surface area contributed by atoms with E-state index in [1.54, 1.807) is 6.20 Å². The number of rotatable bonds is 15. The second-order valence-corrected chi connectivity index (χ2v) is 19.8. The number of aromatic nitrogens is 1. The van der Waals surface area contributed by atoms with Gasteiger partial charge in [-0.1, -0.05) is 61.3 Å². The molecule has 67 heavy (non-hydrogen) atoms. The van der Waals surface area contributed by atoms with E-state index in [-0.39, 0.29) is 42.0 Å². The maximum absolute atomic E-state index is 14.2. The summed E-state index contributed by atoms with van der Waals surface area (Å²) < 4.78 is 34.0. The molecule has 0 saturated carbocycles. The molecular weight excluding hydrogens is 892 g/mol. The van der Waals surface area contributed by atoms with E-state index in [1.807, 2.05) is 56.3 Å². The maximum Gasteiger partial charge on any atom is 0.229 e. The molecule has 5 N–H and O–H groups in total. The van der Waals surface area contributed by atoms with Crippen LogP contribution in [0.5, 0.6) is 0 Å². The predicted molar refractivity (Wildman–Crippen MR) is 267 cm³/mol. The Morgan fingerprint density at radius 1 is 1.01 bits per heavy atom. The van der Waals surface area contributed by atoms with Crippen molar-refractivity contribution in [3.63, 3.8) is 0 Å². The lowest BCUT2D eigenvalue weighted by Crippen LogP contribution is -2.47. The molecular formula is C53H65Cl2F2N7O3. The lowest BCUT2D eigenvalue weighted by atomic mass is 9.71. The lowest BCUT2D eigenvalue weighted by Gasteiger charge is -2.39. The Balaban J connectivity index is 0.966. The highest BCUT2D eigenvalue weighted by Crippen LogP contribution is 2.44. The highest BCUT2D eigenvalue weighted by molar-refractivity contribution is 6.33. The minimum Gasteiger partial charge on any atom is -0.385 e. The van der Waals surface area contributed by atoms with Gasteiger partial charge in [-0.05, 0) is 154 Å². The number of aliphatic imine (C=N–C) groups is 1. The molecule has 0 spiro atoms. The fraction of sp³-hybridized carbons (Fsp3) is 0.472. The summed E-state index contributed by atoms with van der Waals surface area (Å²) >= 11 is 13.7. The second-order valence-electron chi connectivity index (χ2n) is 19.0. The molecule has 0 bridgehead atoms. The minimum absolute atomic E-state index is 0.0226. The number of halogens is 4. The molecule has 358 valence electrons. The fourth-order valence-electron chi connectivity index (χ4n) is 9.76. The lowest BCUT2D eigenvalue weighted by molar-refractivity contribution is -0.125. The monoisotopic (exact) mass is 955 g/mol. The van der Waals surface area contributed by atoms with Crippen LogP contribution in [0.25, 0.3) is 11.1 Å². The van der Waals surface area contributed by atoms with Crippen LogP contribution in [0.4, 0.5) is 20.3 Å². The molecule has 4 heterocycles. The number of hydrogen-bond acceptors (Lipinski definition) is 8. The molecule has 3 aliphatic heterocycles. The molecule has 6 atom stereocenters. The Hall–Kier alpha value is -4.72. The summed E-state index contributed by atoms with van der Waals surface area (Å²) in [7, 11) is 0. The van der Waals surface area contributed by atoms with Crippen molar-refractivity contribution >= 4 is 52.2 Å². The molecule has 1 aliphatic carbocycles. The van der Waals surface area contributed by atoms with Crippen LogP contribution in [0, 0.1) is 46.6 Å². The molecule has 7 rings (SSSR count). The zero-order chi connectivity index (χ0) is 47.5. The Morgan fingerprint density at radius 3 is 2.58 bits per heavy atom. The average molecular weight is 957 g/mol. The first-order valence-corrected chi connectivity index (χ1v) is 24.6. The van der Waals surface area contributed by atoms with E-state index in [0.29, 0.717) is 66.5 Å². The van der Waals surface area contributed by atoms with Crippen LogP contribution < -0.4 is 26.6 Å². The molecule has 0 radical (unpaired) electrons. The number of carbonyl (C=O) groups is 2. The summed E-state index contributed by atoms with van der Waals surface area (Å²) in [5.74, 6) is -0.293. The number of pyridine rings is 1. The second kappa shape index (κ2) is 23.5. The van der Waals surface area contributed by atoms with E-state index in [1.165, 1.54) is 12.1 Å². The van der Waals surface area contributed by atoms with Crippen LogP contribution in [0.3, 0.4) is 0 Å². The van der Waals surface area contributed by atoms with Gasteiger partial charge in [0, 0.05) is 71.6 Å². The summed E-state index contributed by atoms with van der Waals surface area (Å²) in [6.45, 7) is 13.4. The molecule has 4 aliphatic rings. The van der Waals surface area contributed by atoms with Crippen molar-refractivity contribution in [3.05, 3.63) is 123 Å². The molecule has 6 unspecified atom stereocenters. The summed E-state index contributed by atoms with van der Waals surface area (Å²) in [4.78, 5) is 36.3. The van der Waals surface area contributed by atoms with Gasteiger partial charge in [0.1, 0.15) is 17.5 Å². The minimum atomic E-state index is -0.628. The molecule has 3 fully saturated rings. The average Bonchev–Trinajstić information content (AvgIpc) is 3.34. The van der Waals surface area contributed by atoms with Crippen molar-refractivity contribution in [1.29, 1.82) is 0 Å². The zero-order valence-corrected chi connectivity index (χ0v) is 40.6. The van der Waals surface area contributed by atoms with E-state index in [9.17, 15) is 18.4 Å². The first-order valence-electron chi connectivity index (χ1n) is 23.8. The Morgan fingerprint density at radius 2 is 1.82 bits per heavy atom. The van der Waals surface area contributed by atoms with Crippen LogP contribution in [-0.4, -0.2) is 68.4 Å². The number of piperidine rings is 2. The molecule has 2 amide bonds. The molecule has 14 heteroatoms. The first kappa shape index (κ1) is 50.2. The highest BCUT2D eigenvalue weighted by Gasteiger charge is 2.37. The van der Waals surface area contributed by atoms with Gasteiger partial charge >= 0.3 is 0 Å². The van der Waals surface area contributed by atoms with E-state index in [4.69, 9.17) is 32.9 Å². The Kier molecular flexibility index (Phi) is 17.6. The Bertz CT molecular complexity index is 2390. The van der Waals surface area contributed by atoms with Crippen molar-refractivity contribution in [2.45, 2.75) is 79.2 Å². The quantitative estimate of drug-likeness (QED) is 0.0960. The third kappa shape index (κ3) is 13.5. The zero-order valence-electron chi connectivity index (χ0n) is 39.1. The van der Waals surface area contributed by atoms with Gasteiger partial charge < -0.3 is 31.3 Å². The number of anilines is 2. The third-order valence-corrected chi connectivity index (χ3v) is 14.5. The summed E-state index contributed by atoms with van der Waals surface area (Å²) in [6.07, 6.45) is 15.1. The van der Waals surface area contributed by atoms with Crippen LogP contribution in [0.2, 0.25) is 5.02 Å². The number of carbonyl (C=O) groups excluding carboxylic acids is 2. The van der Waals surface area contributed by atoms with E-state index < -0.39 is 17.0 Å². The molecule has 10 nitrogen and oxygen atoms in total. The number of nitrogens with one attached hydrogen (secondary N) is 5. The molecule has 3 saturated heterocycles. The van der Waals surface area contributed by atoms with Gasteiger partial charge in [0.25, 0.3) is 0 Å². The van der Waals surface area contributed by atoms with Gasteiger partial charge in [0.2, 0.25) is 11.8 Å². The SMILES string of the molecule is CC=C(Cl)C(=CC(NC(=O)C1CNCC(C2COCC(CNc3cccc(-c4cc(NC(=O)C5CCCNC5)ncc4Cl)c3)C2)C1)=C(C)CC)C1(C)CC=CC(=NCc2cc(F)cc(F)c2)C1. The van der Waals surface area contributed by atoms with E-state index in [0.717, 1.165) is 97.2 Å². The number of ether oxygens (including phenoxy) is 1. The Labute approximate surface area is 404 Å². The predicted octanol–water partition coefficient (Wildman–Crippen LogP) is 10.8. The largest absolute Gasteiger partial charge is 0.385 e. The summed E-state index contributed by atoms with van der Waals surface area (Å²) in [6, 6.07) is 13.4. The molecule has 2 aromatic carbocycles. The van der Waals surface area contributed by atoms with Crippen LogP contribution in [-0.2, 0) is 20.9 Å². The van der Waals surface area contributed by atoms with Gasteiger partial charge in [-0.25, -0.2) is 13.8 Å². The number of amides is 2. The number of nitrogens with zero attached hydrogens (tertiary/aromatic N) is 2. The summed E-state index contributed by atoms with van der Waals surface area (Å²) in [5, 5.41) is 17.9. The van der Waals surface area contributed by atoms with Crippen molar-refractivity contribution < 1.29 is 23.1 Å². The van der Waals surface area contributed by atoms with Gasteiger partial charge in [-0.3, -0.25) is 14.6 Å². The van der Waals surface area contributed by atoms with Gasteiger partial charge in [-0.15, -0.1) is 0 Å². The van der Waals surface area contributed by atoms with Gasteiger partial charge in [-0.2, -0.15) is 0 Å². The van der Waals surface area contributed by atoms with E-state index >= 15 is 0 Å². The normalized spacial score (nSPS) is 25.9. The molecule has 1 aromatic heterocycles. The maximum atomic E-state index is 14.2. The number of hydrogen-bond donors (Lipinski definition) is 5. The van der Waals surface area contributed by atoms with Crippen molar-refractivity contribution in [1.82, 2.24) is 20.9 Å². The van der Waals surface area contributed by atoms with Gasteiger partial charge in [0.15, 0.2) is 0 Å². The smallest absolute Gasteiger partial charge is 0.229 e. The number of allylic oxidation sites excluding steroid dienone is 7. The topological polar surface area (TPSA) is 129 Å². The number of benzene rings is 2. The van der Waals surface area contributed by atoms with Crippen LogP contribution in [0.1, 0.15) is 78.2 Å². The van der Waals surface area contributed by atoms with Crippen LogP contribution in [0.15, 0.2) is 106 Å².